The van der Waals surface area contributed by atoms with Crippen LogP contribution in [0.4, 0.5) is 0 Å². The molecule has 158 valence electrons. The molecule has 4 rings (SSSR count). The molecule has 0 spiro atoms. The standard InChI is InChI=1S/C22H32N4O3/c1-23(2)21(28)22-16-25(12-18-6-4-3-5-7-18)13-19(22)14-26(17-22)20(27)15-24-8-10-29-11-9-24/h3-7,19H,8-17H2,1-2H3/t19-,22-/m0/s1. The summed E-state index contributed by atoms with van der Waals surface area (Å²) in [5, 5.41) is 0. The lowest BCUT2D eigenvalue weighted by molar-refractivity contribution is -0.140. The molecule has 3 heterocycles. The van der Waals surface area contributed by atoms with E-state index < -0.39 is 5.41 Å². The molecule has 29 heavy (non-hydrogen) atoms. The van der Waals surface area contributed by atoms with E-state index in [2.05, 4.69) is 34.1 Å². The Labute approximate surface area is 173 Å². The second-order valence-electron chi connectivity index (χ2n) is 8.87. The fraction of sp³-hybridized carbons (Fsp3) is 0.636. The van der Waals surface area contributed by atoms with Crippen LogP contribution in [-0.2, 0) is 20.9 Å². The predicted octanol–water partition coefficient (Wildman–Crippen LogP) is 0.367. The van der Waals surface area contributed by atoms with E-state index in [-0.39, 0.29) is 17.7 Å². The first-order valence-electron chi connectivity index (χ1n) is 10.5. The average Bonchev–Trinajstić information content (AvgIpc) is 3.23. The largest absolute Gasteiger partial charge is 0.379 e. The summed E-state index contributed by atoms with van der Waals surface area (Å²) in [6.07, 6.45) is 0. The molecule has 0 N–H and O–H groups in total. The Kier molecular flexibility index (Phi) is 5.90. The van der Waals surface area contributed by atoms with Crippen LogP contribution >= 0.6 is 0 Å². The van der Waals surface area contributed by atoms with Crippen LogP contribution in [0, 0.1) is 11.3 Å². The van der Waals surface area contributed by atoms with Crippen LogP contribution in [0.2, 0.25) is 0 Å². The number of likely N-dealkylation sites (tertiary alicyclic amines) is 2. The zero-order chi connectivity index (χ0) is 20.4. The molecule has 0 aliphatic carbocycles. The van der Waals surface area contributed by atoms with Gasteiger partial charge in [-0.15, -0.1) is 0 Å². The summed E-state index contributed by atoms with van der Waals surface area (Å²) in [4.78, 5) is 34.4. The molecule has 0 radical (unpaired) electrons. The summed E-state index contributed by atoms with van der Waals surface area (Å²) >= 11 is 0. The molecule has 3 aliphatic rings. The highest BCUT2D eigenvalue weighted by Gasteiger charge is 2.58. The van der Waals surface area contributed by atoms with Gasteiger partial charge in [0.05, 0.1) is 25.2 Å². The van der Waals surface area contributed by atoms with E-state index in [4.69, 9.17) is 4.74 Å². The third-order valence-electron chi connectivity index (χ3n) is 6.58. The van der Waals surface area contributed by atoms with Crippen molar-refractivity contribution in [2.75, 3.05) is 73.1 Å². The van der Waals surface area contributed by atoms with Crippen molar-refractivity contribution in [3.8, 4) is 0 Å². The Morgan fingerprint density at radius 1 is 1.07 bits per heavy atom. The number of hydrogen-bond donors (Lipinski definition) is 0. The lowest BCUT2D eigenvalue weighted by atomic mass is 9.80. The van der Waals surface area contributed by atoms with Crippen molar-refractivity contribution in [3.63, 3.8) is 0 Å². The topological polar surface area (TPSA) is 56.3 Å². The van der Waals surface area contributed by atoms with Gasteiger partial charge >= 0.3 is 0 Å². The fourth-order valence-corrected chi connectivity index (χ4v) is 5.12. The maximum absolute atomic E-state index is 13.2. The van der Waals surface area contributed by atoms with Crippen LogP contribution in [0.25, 0.3) is 0 Å². The van der Waals surface area contributed by atoms with Crippen molar-refractivity contribution in [2.24, 2.45) is 11.3 Å². The van der Waals surface area contributed by atoms with Crippen LogP contribution in [-0.4, -0.2) is 105 Å². The number of carbonyl (C=O) groups is 2. The second kappa shape index (κ2) is 8.42. The first-order chi connectivity index (χ1) is 14.0. The van der Waals surface area contributed by atoms with E-state index in [0.717, 1.165) is 26.2 Å². The van der Waals surface area contributed by atoms with E-state index in [1.54, 1.807) is 4.90 Å². The van der Waals surface area contributed by atoms with Gasteiger partial charge in [-0.1, -0.05) is 30.3 Å². The van der Waals surface area contributed by atoms with E-state index >= 15 is 0 Å². The molecule has 7 nitrogen and oxygen atoms in total. The predicted molar refractivity (Wildman–Crippen MR) is 110 cm³/mol. The Morgan fingerprint density at radius 3 is 2.48 bits per heavy atom. The lowest BCUT2D eigenvalue weighted by Gasteiger charge is -2.32. The van der Waals surface area contributed by atoms with Gasteiger partial charge in [0.2, 0.25) is 11.8 Å². The smallest absolute Gasteiger partial charge is 0.236 e. The molecule has 0 bridgehead atoms. The van der Waals surface area contributed by atoms with Gasteiger partial charge in [-0.05, 0) is 5.56 Å². The van der Waals surface area contributed by atoms with Crippen molar-refractivity contribution in [1.82, 2.24) is 19.6 Å². The second-order valence-corrected chi connectivity index (χ2v) is 8.87. The van der Waals surface area contributed by atoms with Gasteiger partial charge in [-0.3, -0.25) is 19.4 Å². The highest BCUT2D eigenvalue weighted by atomic mass is 16.5. The van der Waals surface area contributed by atoms with Crippen molar-refractivity contribution in [1.29, 1.82) is 0 Å². The minimum Gasteiger partial charge on any atom is -0.379 e. The monoisotopic (exact) mass is 400 g/mol. The molecule has 0 unspecified atom stereocenters. The number of hydrogen-bond acceptors (Lipinski definition) is 5. The molecule has 2 atom stereocenters. The lowest BCUT2D eigenvalue weighted by Crippen LogP contribution is -2.49. The van der Waals surface area contributed by atoms with Crippen LogP contribution in [0.5, 0.6) is 0 Å². The van der Waals surface area contributed by atoms with E-state index in [9.17, 15) is 9.59 Å². The molecular weight excluding hydrogens is 368 g/mol. The highest BCUT2D eigenvalue weighted by molar-refractivity contribution is 5.86. The molecule has 0 aromatic heterocycles. The molecule has 3 aliphatic heterocycles. The van der Waals surface area contributed by atoms with E-state index in [0.29, 0.717) is 39.4 Å². The van der Waals surface area contributed by atoms with Crippen molar-refractivity contribution < 1.29 is 14.3 Å². The van der Waals surface area contributed by atoms with Crippen LogP contribution in [0.3, 0.4) is 0 Å². The quantitative estimate of drug-likeness (QED) is 0.715. The Balaban J connectivity index is 1.45. The zero-order valence-corrected chi connectivity index (χ0v) is 17.5. The zero-order valence-electron chi connectivity index (χ0n) is 17.5. The number of morpholine rings is 1. The van der Waals surface area contributed by atoms with Crippen LogP contribution in [0.1, 0.15) is 5.56 Å². The molecular formula is C22H32N4O3. The summed E-state index contributed by atoms with van der Waals surface area (Å²) in [5.74, 6) is 0.483. The van der Waals surface area contributed by atoms with Crippen molar-refractivity contribution in [2.45, 2.75) is 6.54 Å². The van der Waals surface area contributed by atoms with Gasteiger partial charge in [0.15, 0.2) is 0 Å². The first kappa shape index (κ1) is 20.3. The molecule has 1 aromatic carbocycles. The number of nitrogens with zero attached hydrogens (tertiary/aromatic N) is 4. The normalized spacial score (nSPS) is 27.8. The molecule has 2 amide bonds. The highest BCUT2D eigenvalue weighted by Crippen LogP contribution is 2.44. The van der Waals surface area contributed by atoms with E-state index in [1.165, 1.54) is 5.56 Å². The van der Waals surface area contributed by atoms with Crippen molar-refractivity contribution in [3.05, 3.63) is 35.9 Å². The van der Waals surface area contributed by atoms with Gasteiger partial charge in [0.25, 0.3) is 0 Å². The molecule has 0 saturated carbocycles. The van der Waals surface area contributed by atoms with Gasteiger partial charge in [0.1, 0.15) is 0 Å². The Hall–Kier alpha value is -1.96. The van der Waals surface area contributed by atoms with Gasteiger partial charge in [0, 0.05) is 65.8 Å². The number of ether oxygens (including phenoxy) is 1. The van der Waals surface area contributed by atoms with Gasteiger partial charge in [-0.25, -0.2) is 0 Å². The Bertz CT molecular complexity index is 735. The molecule has 3 fully saturated rings. The molecule has 7 heteroatoms. The fourth-order valence-electron chi connectivity index (χ4n) is 5.12. The third-order valence-corrected chi connectivity index (χ3v) is 6.58. The average molecular weight is 401 g/mol. The van der Waals surface area contributed by atoms with Gasteiger partial charge in [-0.2, -0.15) is 0 Å². The Morgan fingerprint density at radius 2 is 1.79 bits per heavy atom. The van der Waals surface area contributed by atoms with Crippen LogP contribution in [0.15, 0.2) is 30.3 Å². The summed E-state index contributed by atoms with van der Waals surface area (Å²) in [5.41, 5.74) is 0.777. The maximum Gasteiger partial charge on any atom is 0.236 e. The minimum absolute atomic E-state index is 0.141. The van der Waals surface area contributed by atoms with E-state index in [1.807, 2.05) is 25.1 Å². The number of rotatable bonds is 5. The summed E-state index contributed by atoms with van der Waals surface area (Å²) in [6.45, 7) is 7.03. The number of fused-ring (bicyclic) bond motifs is 1. The third kappa shape index (κ3) is 4.17. The minimum atomic E-state index is -0.487. The van der Waals surface area contributed by atoms with Gasteiger partial charge < -0.3 is 14.5 Å². The first-order valence-corrected chi connectivity index (χ1v) is 10.5. The van der Waals surface area contributed by atoms with Crippen molar-refractivity contribution >= 4 is 11.8 Å². The number of carbonyl (C=O) groups excluding carboxylic acids is 2. The number of benzene rings is 1. The maximum atomic E-state index is 13.2. The molecule has 3 saturated heterocycles. The SMILES string of the molecule is CN(C)C(=O)[C@]12CN(Cc3ccccc3)C[C@H]1CN(C(=O)CN1CCOCC1)C2. The summed E-state index contributed by atoms with van der Waals surface area (Å²) in [6, 6.07) is 10.4. The summed E-state index contributed by atoms with van der Waals surface area (Å²) in [7, 11) is 3.65. The summed E-state index contributed by atoms with van der Waals surface area (Å²) < 4.78 is 5.38. The molecule has 1 aromatic rings. The van der Waals surface area contributed by atoms with Crippen LogP contribution < -0.4 is 0 Å². The number of amides is 2.